The quantitative estimate of drug-likeness (QED) is 0.721. The number of halogens is 1. The van der Waals surface area contributed by atoms with E-state index in [2.05, 4.69) is 15.2 Å². The van der Waals surface area contributed by atoms with Gasteiger partial charge in [0.05, 0.1) is 6.20 Å². The molecule has 3 aromatic rings. The fourth-order valence-corrected chi connectivity index (χ4v) is 2.56. The van der Waals surface area contributed by atoms with Crippen LogP contribution in [0.15, 0.2) is 39.8 Å². The Morgan fingerprint density at radius 3 is 2.72 bits per heavy atom. The molecule has 0 unspecified atom stereocenters. The van der Waals surface area contributed by atoms with Crippen LogP contribution in [0, 0.1) is 6.92 Å². The van der Waals surface area contributed by atoms with Gasteiger partial charge in [-0.05, 0) is 36.6 Å². The van der Waals surface area contributed by atoms with Crippen molar-refractivity contribution >= 4 is 11.6 Å². The van der Waals surface area contributed by atoms with Crippen LogP contribution in [0.4, 0.5) is 0 Å². The maximum Gasteiger partial charge on any atom is 0.270 e. The molecule has 0 aliphatic heterocycles. The van der Waals surface area contributed by atoms with E-state index in [0.29, 0.717) is 28.7 Å². The van der Waals surface area contributed by atoms with Gasteiger partial charge in [0.25, 0.3) is 5.56 Å². The second-order valence-electron chi connectivity index (χ2n) is 5.69. The number of nitrogens with zero attached hydrogens (tertiary/aromatic N) is 4. The van der Waals surface area contributed by atoms with Gasteiger partial charge in [-0.2, -0.15) is 10.1 Å². The van der Waals surface area contributed by atoms with Crippen molar-refractivity contribution in [2.45, 2.75) is 32.9 Å². The summed E-state index contributed by atoms with van der Waals surface area (Å²) in [5.74, 6) is 0.939. The third-order valence-electron chi connectivity index (χ3n) is 3.96. The number of aromatic nitrogens is 4. The first-order valence-electron chi connectivity index (χ1n) is 7.88. The first kappa shape index (κ1) is 17.3. The van der Waals surface area contributed by atoms with Crippen LogP contribution >= 0.6 is 11.6 Å². The van der Waals surface area contributed by atoms with Crippen molar-refractivity contribution in [1.82, 2.24) is 19.9 Å². The minimum atomic E-state index is -0.205. The molecule has 0 saturated heterocycles. The highest BCUT2D eigenvalue weighted by Gasteiger charge is 2.11. The monoisotopic (exact) mass is 359 g/mol. The van der Waals surface area contributed by atoms with Gasteiger partial charge in [-0.1, -0.05) is 28.9 Å². The average molecular weight is 360 g/mol. The van der Waals surface area contributed by atoms with E-state index < -0.39 is 0 Å². The summed E-state index contributed by atoms with van der Waals surface area (Å²) in [7, 11) is 0. The fraction of sp³-hybridized carbons (Fsp3) is 0.294. The Kier molecular flexibility index (Phi) is 5.25. The number of hydrogen-bond donors (Lipinski definition) is 1. The Morgan fingerprint density at radius 2 is 2.00 bits per heavy atom. The summed E-state index contributed by atoms with van der Waals surface area (Å²) in [6, 6.07) is 7.64. The molecule has 130 valence electrons. The maximum absolute atomic E-state index is 12.2. The average Bonchev–Trinajstić information content (AvgIpc) is 3.06. The summed E-state index contributed by atoms with van der Waals surface area (Å²) >= 11 is 5.87. The summed E-state index contributed by atoms with van der Waals surface area (Å²) in [6.45, 7) is 2.15. The number of rotatable bonds is 6. The van der Waals surface area contributed by atoms with Crippen LogP contribution in [0.25, 0.3) is 0 Å². The molecule has 0 radical (unpaired) electrons. The van der Waals surface area contributed by atoms with Gasteiger partial charge in [-0.3, -0.25) is 4.79 Å². The summed E-state index contributed by atoms with van der Waals surface area (Å²) < 4.78 is 6.52. The highest BCUT2D eigenvalue weighted by atomic mass is 35.5. The number of nitrogens with two attached hydrogens (primary N) is 1. The molecule has 3 rings (SSSR count). The summed E-state index contributed by atoms with van der Waals surface area (Å²) in [4.78, 5) is 16.6. The van der Waals surface area contributed by atoms with E-state index >= 15 is 0 Å². The Hall–Kier alpha value is -2.51. The molecule has 0 aliphatic rings. The fourth-order valence-electron chi connectivity index (χ4n) is 2.43. The topological polar surface area (TPSA) is 99.8 Å². The molecule has 25 heavy (non-hydrogen) atoms. The second kappa shape index (κ2) is 7.58. The summed E-state index contributed by atoms with van der Waals surface area (Å²) in [5, 5.41) is 8.76. The lowest BCUT2D eigenvalue weighted by Gasteiger charge is -2.05. The van der Waals surface area contributed by atoms with Crippen molar-refractivity contribution in [2.75, 3.05) is 0 Å². The van der Waals surface area contributed by atoms with Crippen molar-refractivity contribution in [3.8, 4) is 0 Å². The third-order valence-corrected chi connectivity index (χ3v) is 4.21. The van der Waals surface area contributed by atoms with Gasteiger partial charge in [-0.25, -0.2) is 4.68 Å². The number of aryl methyl sites for hydroxylation is 2. The Balaban J connectivity index is 1.67. The predicted octanol–water partition coefficient (Wildman–Crippen LogP) is 1.88. The molecule has 0 fully saturated rings. The highest BCUT2D eigenvalue weighted by molar-refractivity contribution is 6.30. The highest BCUT2D eigenvalue weighted by Crippen LogP contribution is 2.11. The van der Waals surface area contributed by atoms with Crippen LogP contribution in [0.3, 0.4) is 0 Å². The molecule has 0 saturated carbocycles. The molecule has 2 N–H and O–H groups in total. The number of hydrogen-bond acceptors (Lipinski definition) is 6. The second-order valence-corrected chi connectivity index (χ2v) is 6.13. The predicted molar refractivity (Wildman–Crippen MR) is 93.4 cm³/mol. The van der Waals surface area contributed by atoms with Crippen molar-refractivity contribution in [3.05, 3.63) is 74.2 Å². The standard InChI is InChI=1S/C17H18ClN5O2/c1-11-13(8-19)9-20-23(17(11)24)10-16-21-15(22-25-16)7-4-12-2-5-14(18)6-3-12/h2-3,5-6,9H,4,7-8,10,19H2,1H3. The van der Waals surface area contributed by atoms with Crippen molar-refractivity contribution in [3.63, 3.8) is 0 Å². The zero-order valence-electron chi connectivity index (χ0n) is 13.8. The Labute approximate surface area is 149 Å². The summed E-state index contributed by atoms with van der Waals surface area (Å²) in [5.41, 5.74) is 7.83. The molecule has 0 spiro atoms. The van der Waals surface area contributed by atoms with Gasteiger partial charge in [0.2, 0.25) is 5.89 Å². The molecule has 2 aromatic heterocycles. The van der Waals surface area contributed by atoms with Gasteiger partial charge < -0.3 is 10.3 Å². The molecular formula is C17H18ClN5O2. The molecule has 7 nitrogen and oxygen atoms in total. The van der Waals surface area contributed by atoms with Crippen LogP contribution in [-0.2, 0) is 25.9 Å². The van der Waals surface area contributed by atoms with E-state index in [1.165, 1.54) is 4.68 Å². The normalized spacial score (nSPS) is 11.0. The first-order valence-corrected chi connectivity index (χ1v) is 8.26. The van der Waals surface area contributed by atoms with Gasteiger partial charge >= 0.3 is 0 Å². The van der Waals surface area contributed by atoms with E-state index in [4.69, 9.17) is 21.9 Å². The molecule has 0 amide bonds. The van der Waals surface area contributed by atoms with E-state index in [0.717, 1.165) is 17.5 Å². The van der Waals surface area contributed by atoms with Gasteiger partial charge in [0.1, 0.15) is 6.54 Å². The van der Waals surface area contributed by atoms with Crippen LogP contribution < -0.4 is 11.3 Å². The molecule has 2 heterocycles. The van der Waals surface area contributed by atoms with E-state index in [1.807, 2.05) is 24.3 Å². The Bertz CT molecular complexity index is 918. The lowest BCUT2D eigenvalue weighted by Crippen LogP contribution is -2.27. The zero-order chi connectivity index (χ0) is 17.8. The van der Waals surface area contributed by atoms with Crippen molar-refractivity contribution in [2.24, 2.45) is 5.73 Å². The smallest absolute Gasteiger partial charge is 0.270 e. The minimum Gasteiger partial charge on any atom is -0.337 e. The Morgan fingerprint density at radius 1 is 1.24 bits per heavy atom. The third kappa shape index (κ3) is 4.12. The minimum absolute atomic E-state index is 0.137. The lowest BCUT2D eigenvalue weighted by molar-refractivity contribution is 0.358. The summed E-state index contributed by atoms with van der Waals surface area (Å²) in [6.07, 6.45) is 3.01. The van der Waals surface area contributed by atoms with Crippen LogP contribution in [0.1, 0.15) is 28.4 Å². The molecule has 1 aromatic carbocycles. The largest absolute Gasteiger partial charge is 0.337 e. The van der Waals surface area contributed by atoms with Gasteiger partial charge in [0.15, 0.2) is 5.82 Å². The van der Waals surface area contributed by atoms with Crippen LogP contribution in [0.5, 0.6) is 0 Å². The SMILES string of the molecule is Cc1c(CN)cnn(Cc2nc(CCc3ccc(Cl)cc3)no2)c1=O. The van der Waals surface area contributed by atoms with E-state index in [-0.39, 0.29) is 18.6 Å². The number of benzene rings is 1. The van der Waals surface area contributed by atoms with E-state index in [9.17, 15) is 4.79 Å². The maximum atomic E-state index is 12.2. The molecule has 0 atom stereocenters. The lowest BCUT2D eigenvalue weighted by atomic mass is 10.1. The molecule has 0 bridgehead atoms. The molecular weight excluding hydrogens is 342 g/mol. The molecule has 0 aliphatic carbocycles. The zero-order valence-corrected chi connectivity index (χ0v) is 14.5. The van der Waals surface area contributed by atoms with Crippen molar-refractivity contribution < 1.29 is 4.52 Å². The molecule has 8 heteroatoms. The van der Waals surface area contributed by atoms with Crippen molar-refractivity contribution in [1.29, 1.82) is 0 Å². The van der Waals surface area contributed by atoms with Gasteiger partial charge in [-0.15, -0.1) is 0 Å². The van der Waals surface area contributed by atoms with Crippen LogP contribution in [0.2, 0.25) is 5.02 Å². The van der Waals surface area contributed by atoms with Gasteiger partial charge in [0, 0.05) is 23.6 Å². The van der Waals surface area contributed by atoms with Crippen LogP contribution in [-0.4, -0.2) is 19.9 Å². The van der Waals surface area contributed by atoms with E-state index in [1.54, 1.807) is 13.1 Å². The first-order chi connectivity index (χ1) is 12.1.